The summed E-state index contributed by atoms with van der Waals surface area (Å²) in [6.07, 6.45) is 2.83. The van der Waals surface area contributed by atoms with Crippen LogP contribution in [-0.4, -0.2) is 15.6 Å². The molecule has 0 spiro atoms. The Morgan fingerprint density at radius 2 is 2.47 bits per heavy atom. The first-order valence-electron chi connectivity index (χ1n) is 5.13. The number of hydrogen-bond acceptors (Lipinski definition) is 3. The van der Waals surface area contributed by atoms with Gasteiger partial charge in [0.1, 0.15) is 5.69 Å². The van der Waals surface area contributed by atoms with Crippen LogP contribution in [0.25, 0.3) is 0 Å². The summed E-state index contributed by atoms with van der Waals surface area (Å²) in [4.78, 5) is 11.9. The lowest BCUT2D eigenvalue weighted by Gasteiger charge is -2.08. The molecule has 4 nitrogen and oxygen atoms in total. The molecule has 0 bridgehead atoms. The molecule has 1 heterocycles. The molecular weight excluding hydrogens is 190 g/mol. The van der Waals surface area contributed by atoms with Gasteiger partial charge in [-0.15, -0.1) is 0 Å². The molecular formula is C11H15N3O. The highest BCUT2D eigenvalue weighted by Gasteiger charge is 2.18. The number of nitrogens with zero attached hydrogens (tertiary/aromatic N) is 3. The van der Waals surface area contributed by atoms with E-state index in [4.69, 9.17) is 5.26 Å². The van der Waals surface area contributed by atoms with Crippen molar-refractivity contribution in [1.29, 1.82) is 5.26 Å². The SMILES string of the molecule is CCCn1nccc1C(=O)C(C)CC#N. The zero-order chi connectivity index (χ0) is 11.3. The topological polar surface area (TPSA) is 58.7 Å². The summed E-state index contributed by atoms with van der Waals surface area (Å²) in [5.74, 6) is -0.246. The van der Waals surface area contributed by atoms with Gasteiger partial charge >= 0.3 is 0 Å². The van der Waals surface area contributed by atoms with Crippen LogP contribution < -0.4 is 0 Å². The second-order valence-corrected chi connectivity index (χ2v) is 3.57. The molecule has 1 unspecified atom stereocenters. The summed E-state index contributed by atoms with van der Waals surface area (Å²) < 4.78 is 1.70. The van der Waals surface area contributed by atoms with Gasteiger partial charge in [-0.3, -0.25) is 9.48 Å². The first-order chi connectivity index (χ1) is 7.20. The monoisotopic (exact) mass is 205 g/mol. The van der Waals surface area contributed by atoms with Crippen molar-refractivity contribution in [2.75, 3.05) is 0 Å². The first kappa shape index (κ1) is 11.4. The number of aryl methyl sites for hydroxylation is 1. The van der Waals surface area contributed by atoms with Gasteiger partial charge in [0.25, 0.3) is 0 Å². The zero-order valence-corrected chi connectivity index (χ0v) is 9.10. The van der Waals surface area contributed by atoms with Gasteiger partial charge in [-0.05, 0) is 12.5 Å². The molecule has 1 atom stereocenters. The number of nitriles is 1. The predicted octanol–water partition coefficient (Wildman–Crippen LogP) is 2.03. The Morgan fingerprint density at radius 3 is 3.07 bits per heavy atom. The van der Waals surface area contributed by atoms with Crippen LogP contribution in [-0.2, 0) is 6.54 Å². The maximum absolute atomic E-state index is 11.9. The minimum atomic E-state index is -0.248. The van der Waals surface area contributed by atoms with Crippen molar-refractivity contribution >= 4 is 5.78 Å². The van der Waals surface area contributed by atoms with Crippen molar-refractivity contribution in [2.45, 2.75) is 33.2 Å². The van der Waals surface area contributed by atoms with E-state index in [0.717, 1.165) is 13.0 Å². The van der Waals surface area contributed by atoms with E-state index >= 15 is 0 Å². The normalized spacial score (nSPS) is 12.1. The van der Waals surface area contributed by atoms with Gasteiger partial charge in [0, 0.05) is 25.1 Å². The summed E-state index contributed by atoms with van der Waals surface area (Å²) >= 11 is 0. The minimum absolute atomic E-state index is 0.00231. The number of carbonyl (C=O) groups is 1. The third kappa shape index (κ3) is 2.66. The van der Waals surface area contributed by atoms with Gasteiger partial charge < -0.3 is 0 Å². The Morgan fingerprint density at radius 1 is 1.73 bits per heavy atom. The van der Waals surface area contributed by atoms with Crippen LogP contribution in [0, 0.1) is 17.2 Å². The van der Waals surface area contributed by atoms with E-state index < -0.39 is 0 Å². The molecule has 0 saturated heterocycles. The van der Waals surface area contributed by atoms with Crippen LogP contribution in [0.5, 0.6) is 0 Å². The molecule has 1 aromatic rings. The molecule has 0 N–H and O–H groups in total. The van der Waals surface area contributed by atoms with E-state index in [1.807, 2.05) is 13.0 Å². The molecule has 15 heavy (non-hydrogen) atoms. The van der Waals surface area contributed by atoms with Gasteiger partial charge in [-0.2, -0.15) is 10.4 Å². The number of ketones is 1. The largest absolute Gasteiger partial charge is 0.292 e. The van der Waals surface area contributed by atoms with Gasteiger partial charge in [0.15, 0.2) is 5.78 Å². The van der Waals surface area contributed by atoms with E-state index in [-0.39, 0.29) is 18.1 Å². The van der Waals surface area contributed by atoms with Crippen LogP contribution in [0.15, 0.2) is 12.3 Å². The van der Waals surface area contributed by atoms with Crippen LogP contribution >= 0.6 is 0 Å². The zero-order valence-electron chi connectivity index (χ0n) is 9.10. The number of hydrogen-bond donors (Lipinski definition) is 0. The average molecular weight is 205 g/mol. The third-order valence-corrected chi connectivity index (χ3v) is 2.25. The first-order valence-corrected chi connectivity index (χ1v) is 5.13. The Bertz CT molecular complexity index is 375. The Hall–Kier alpha value is -1.63. The highest BCUT2D eigenvalue weighted by atomic mass is 16.1. The highest BCUT2D eigenvalue weighted by Crippen LogP contribution is 2.11. The van der Waals surface area contributed by atoms with Crippen molar-refractivity contribution in [3.63, 3.8) is 0 Å². The molecule has 0 aromatic carbocycles. The molecule has 0 radical (unpaired) electrons. The summed E-state index contributed by atoms with van der Waals surface area (Å²) in [6, 6.07) is 3.73. The molecule has 0 aliphatic heterocycles. The maximum atomic E-state index is 11.9. The molecule has 0 saturated carbocycles. The molecule has 1 aromatic heterocycles. The Balaban J connectivity index is 2.82. The number of aromatic nitrogens is 2. The second-order valence-electron chi connectivity index (χ2n) is 3.57. The van der Waals surface area contributed by atoms with Crippen LogP contribution in [0.4, 0.5) is 0 Å². The van der Waals surface area contributed by atoms with E-state index in [1.54, 1.807) is 23.9 Å². The lowest BCUT2D eigenvalue weighted by molar-refractivity contribution is 0.0920. The van der Waals surface area contributed by atoms with Gasteiger partial charge in [0.05, 0.1) is 6.07 Å². The van der Waals surface area contributed by atoms with Gasteiger partial charge in [-0.1, -0.05) is 13.8 Å². The highest BCUT2D eigenvalue weighted by molar-refractivity contribution is 5.96. The van der Waals surface area contributed by atoms with E-state index in [9.17, 15) is 4.79 Å². The van der Waals surface area contributed by atoms with E-state index in [1.165, 1.54) is 0 Å². The fourth-order valence-corrected chi connectivity index (χ4v) is 1.41. The number of rotatable bonds is 5. The third-order valence-electron chi connectivity index (χ3n) is 2.25. The van der Waals surface area contributed by atoms with Gasteiger partial charge in [-0.25, -0.2) is 0 Å². The fourth-order valence-electron chi connectivity index (χ4n) is 1.41. The number of carbonyl (C=O) groups excluding carboxylic acids is 1. The van der Waals surface area contributed by atoms with Crippen molar-refractivity contribution in [3.8, 4) is 6.07 Å². The standard InChI is InChI=1S/C11H15N3O/c1-3-8-14-10(5-7-13-14)11(15)9(2)4-6-12/h5,7,9H,3-4,8H2,1-2H3. The Labute approximate surface area is 89.5 Å². The van der Waals surface area contributed by atoms with Crippen LogP contribution in [0.2, 0.25) is 0 Å². The van der Waals surface area contributed by atoms with E-state index in [2.05, 4.69) is 5.10 Å². The molecule has 80 valence electrons. The maximum Gasteiger partial charge on any atom is 0.184 e. The van der Waals surface area contributed by atoms with Crippen molar-refractivity contribution < 1.29 is 4.79 Å². The van der Waals surface area contributed by atoms with Gasteiger partial charge in [0.2, 0.25) is 0 Å². The molecule has 0 aliphatic carbocycles. The van der Waals surface area contributed by atoms with Crippen LogP contribution in [0.3, 0.4) is 0 Å². The lowest BCUT2D eigenvalue weighted by Crippen LogP contribution is -2.16. The quantitative estimate of drug-likeness (QED) is 0.691. The predicted molar refractivity (Wildman–Crippen MR) is 56.2 cm³/mol. The summed E-state index contributed by atoms with van der Waals surface area (Å²) in [5.41, 5.74) is 0.611. The molecule has 1 rings (SSSR count). The van der Waals surface area contributed by atoms with Crippen molar-refractivity contribution in [1.82, 2.24) is 9.78 Å². The summed E-state index contributed by atoms with van der Waals surface area (Å²) in [5, 5.41) is 12.6. The van der Waals surface area contributed by atoms with Crippen molar-refractivity contribution in [2.24, 2.45) is 5.92 Å². The fraction of sp³-hybridized carbons (Fsp3) is 0.545. The molecule has 4 heteroatoms. The molecule has 0 fully saturated rings. The average Bonchev–Trinajstić information content (AvgIpc) is 2.66. The second kappa shape index (κ2) is 5.30. The lowest BCUT2D eigenvalue weighted by atomic mass is 10.0. The smallest absolute Gasteiger partial charge is 0.184 e. The molecule has 0 aliphatic rings. The van der Waals surface area contributed by atoms with Crippen LogP contribution in [0.1, 0.15) is 37.2 Å². The summed E-state index contributed by atoms with van der Waals surface area (Å²) in [6.45, 7) is 4.55. The number of Topliss-reactive ketones (excluding diaryl/α,β-unsaturated/α-hetero) is 1. The summed E-state index contributed by atoms with van der Waals surface area (Å²) in [7, 11) is 0. The van der Waals surface area contributed by atoms with E-state index in [0.29, 0.717) is 5.69 Å². The Kier molecular flexibility index (Phi) is 4.04. The van der Waals surface area contributed by atoms with Crippen molar-refractivity contribution in [3.05, 3.63) is 18.0 Å². The molecule has 0 amide bonds. The minimum Gasteiger partial charge on any atom is -0.292 e.